The van der Waals surface area contributed by atoms with Crippen LogP contribution >= 0.6 is 0 Å². The maximum atomic E-state index is 14.0. The lowest BCUT2D eigenvalue weighted by Crippen LogP contribution is -2.26. The topological polar surface area (TPSA) is 60.7 Å². The van der Waals surface area contributed by atoms with Crippen molar-refractivity contribution in [2.45, 2.75) is 50.7 Å². The van der Waals surface area contributed by atoms with Crippen LogP contribution in [0.2, 0.25) is 0 Å². The molecule has 1 aromatic heterocycles. The molecule has 0 amide bonds. The van der Waals surface area contributed by atoms with Gasteiger partial charge in [0.15, 0.2) is 0 Å². The molecule has 1 aliphatic carbocycles. The molecule has 0 unspecified atom stereocenters. The Morgan fingerprint density at radius 2 is 1.97 bits per heavy atom. The van der Waals surface area contributed by atoms with Crippen molar-refractivity contribution in [2.75, 3.05) is 13.7 Å². The van der Waals surface area contributed by atoms with Crippen LogP contribution < -0.4 is 4.74 Å². The number of fused-ring (bicyclic) bond motifs is 5. The first-order valence-corrected chi connectivity index (χ1v) is 10.9. The summed E-state index contributed by atoms with van der Waals surface area (Å²) in [5.74, 6) is 0.0385. The Kier molecular flexibility index (Phi) is 5.18. The molecule has 31 heavy (non-hydrogen) atoms. The minimum atomic E-state index is -0.758. The molecule has 3 aromatic rings. The molecule has 0 bridgehead atoms. The molecule has 2 heterocycles. The summed E-state index contributed by atoms with van der Waals surface area (Å²) in [6, 6.07) is 10.2. The molecule has 162 valence electrons. The normalized spacial score (nSPS) is 19.1. The number of aliphatic hydroxyl groups is 1. The van der Waals surface area contributed by atoms with Gasteiger partial charge in [-0.3, -0.25) is 0 Å². The SMILES string of the molecule is COC(=O)c1ccc2c(C3CCCCC3)c3n(c2c1)C[C@H](O)COc1cc(F)ccc1-3. The number of benzene rings is 2. The van der Waals surface area contributed by atoms with Crippen LogP contribution in [0.25, 0.3) is 22.2 Å². The summed E-state index contributed by atoms with van der Waals surface area (Å²) in [7, 11) is 1.37. The van der Waals surface area contributed by atoms with E-state index < -0.39 is 12.1 Å². The molecule has 6 heteroatoms. The van der Waals surface area contributed by atoms with Gasteiger partial charge in [-0.1, -0.05) is 25.3 Å². The minimum absolute atomic E-state index is 0.0744. The van der Waals surface area contributed by atoms with Crippen molar-refractivity contribution in [2.24, 2.45) is 0 Å². The number of carbonyl (C=O) groups is 1. The van der Waals surface area contributed by atoms with Crippen LogP contribution in [-0.4, -0.2) is 35.5 Å². The second kappa shape index (κ2) is 8.00. The van der Waals surface area contributed by atoms with Crippen LogP contribution in [0.3, 0.4) is 0 Å². The van der Waals surface area contributed by atoms with Crippen molar-refractivity contribution in [1.29, 1.82) is 0 Å². The molecule has 0 spiro atoms. The molecule has 1 N–H and O–H groups in total. The van der Waals surface area contributed by atoms with Crippen LogP contribution in [0.15, 0.2) is 36.4 Å². The van der Waals surface area contributed by atoms with Gasteiger partial charge in [-0.2, -0.15) is 0 Å². The molecule has 5 nitrogen and oxygen atoms in total. The van der Waals surface area contributed by atoms with E-state index in [1.165, 1.54) is 44.1 Å². The summed E-state index contributed by atoms with van der Waals surface area (Å²) in [6.07, 6.45) is 5.00. The average molecular weight is 423 g/mol. The Hall–Kier alpha value is -2.86. The highest BCUT2D eigenvalue weighted by Crippen LogP contribution is 2.47. The van der Waals surface area contributed by atoms with E-state index in [9.17, 15) is 14.3 Å². The number of hydrogen-bond acceptors (Lipinski definition) is 4. The summed E-state index contributed by atoms with van der Waals surface area (Å²) in [5.41, 5.74) is 4.34. The Morgan fingerprint density at radius 1 is 1.16 bits per heavy atom. The number of halogens is 1. The van der Waals surface area contributed by atoms with Crippen molar-refractivity contribution in [3.8, 4) is 17.0 Å². The number of aromatic nitrogens is 1. The average Bonchev–Trinajstić information content (AvgIpc) is 3.09. The second-order valence-electron chi connectivity index (χ2n) is 8.54. The van der Waals surface area contributed by atoms with E-state index in [1.54, 1.807) is 12.1 Å². The molecule has 0 radical (unpaired) electrons. The van der Waals surface area contributed by atoms with Gasteiger partial charge in [-0.25, -0.2) is 9.18 Å². The summed E-state index contributed by atoms with van der Waals surface area (Å²) >= 11 is 0. The van der Waals surface area contributed by atoms with Gasteiger partial charge >= 0.3 is 5.97 Å². The van der Waals surface area contributed by atoms with Crippen molar-refractivity contribution in [1.82, 2.24) is 4.57 Å². The summed E-state index contributed by atoms with van der Waals surface area (Å²) < 4.78 is 26.9. The molecular weight excluding hydrogens is 397 g/mol. The highest BCUT2D eigenvalue weighted by atomic mass is 19.1. The van der Waals surface area contributed by atoms with Crippen molar-refractivity contribution < 1.29 is 23.8 Å². The van der Waals surface area contributed by atoms with Gasteiger partial charge in [0.2, 0.25) is 0 Å². The maximum absolute atomic E-state index is 14.0. The van der Waals surface area contributed by atoms with Gasteiger partial charge in [0.05, 0.1) is 24.9 Å². The zero-order valence-corrected chi connectivity index (χ0v) is 17.6. The van der Waals surface area contributed by atoms with E-state index >= 15 is 0 Å². The predicted molar refractivity (Wildman–Crippen MR) is 116 cm³/mol. The molecule has 1 aliphatic heterocycles. The Balaban J connectivity index is 1.84. The van der Waals surface area contributed by atoms with Crippen molar-refractivity contribution in [3.05, 3.63) is 53.3 Å². The van der Waals surface area contributed by atoms with Crippen LogP contribution in [0.4, 0.5) is 4.39 Å². The lowest BCUT2D eigenvalue weighted by atomic mass is 9.81. The van der Waals surface area contributed by atoms with E-state index in [4.69, 9.17) is 9.47 Å². The van der Waals surface area contributed by atoms with E-state index in [-0.39, 0.29) is 12.4 Å². The van der Waals surface area contributed by atoms with Crippen LogP contribution in [0.1, 0.15) is 53.9 Å². The third-order valence-electron chi connectivity index (χ3n) is 6.56. The Morgan fingerprint density at radius 3 is 2.74 bits per heavy atom. The van der Waals surface area contributed by atoms with Crippen LogP contribution in [-0.2, 0) is 11.3 Å². The third-order valence-corrected chi connectivity index (χ3v) is 6.56. The van der Waals surface area contributed by atoms with Gasteiger partial charge in [0.25, 0.3) is 0 Å². The first-order chi connectivity index (χ1) is 15.1. The highest BCUT2D eigenvalue weighted by Gasteiger charge is 2.30. The zero-order chi connectivity index (χ0) is 21.5. The number of aliphatic hydroxyl groups excluding tert-OH is 1. The lowest BCUT2D eigenvalue weighted by molar-refractivity contribution is 0.0601. The number of esters is 1. The molecule has 1 fully saturated rings. The monoisotopic (exact) mass is 423 g/mol. The fourth-order valence-corrected chi connectivity index (χ4v) is 5.17. The van der Waals surface area contributed by atoms with Gasteiger partial charge in [-0.05, 0) is 48.6 Å². The molecular formula is C25H26FNO4. The van der Waals surface area contributed by atoms with Crippen LogP contribution in [0, 0.1) is 5.82 Å². The minimum Gasteiger partial charge on any atom is -0.490 e. The quantitative estimate of drug-likeness (QED) is 0.587. The van der Waals surface area contributed by atoms with E-state index in [0.717, 1.165) is 35.0 Å². The molecule has 2 aromatic carbocycles. The smallest absolute Gasteiger partial charge is 0.337 e. The number of methoxy groups -OCH3 is 1. The number of carbonyl (C=O) groups excluding carboxylic acids is 1. The van der Waals surface area contributed by atoms with Crippen molar-refractivity contribution in [3.63, 3.8) is 0 Å². The zero-order valence-electron chi connectivity index (χ0n) is 17.6. The fourth-order valence-electron chi connectivity index (χ4n) is 5.17. The first-order valence-electron chi connectivity index (χ1n) is 10.9. The number of hydrogen-bond donors (Lipinski definition) is 1. The first kappa shape index (κ1) is 20.1. The molecule has 5 rings (SSSR count). The van der Waals surface area contributed by atoms with E-state index in [2.05, 4.69) is 4.57 Å². The van der Waals surface area contributed by atoms with Gasteiger partial charge in [-0.15, -0.1) is 0 Å². The molecule has 1 atom stereocenters. The number of nitrogens with zero attached hydrogens (tertiary/aromatic N) is 1. The summed E-state index contributed by atoms with van der Waals surface area (Å²) in [4.78, 5) is 12.2. The van der Waals surface area contributed by atoms with Gasteiger partial charge in [0.1, 0.15) is 24.3 Å². The van der Waals surface area contributed by atoms with E-state index in [1.807, 2.05) is 12.1 Å². The molecule has 0 saturated heterocycles. The largest absolute Gasteiger partial charge is 0.490 e. The Bertz CT molecular complexity index is 1150. The highest BCUT2D eigenvalue weighted by molar-refractivity contribution is 5.99. The molecule has 2 aliphatic rings. The van der Waals surface area contributed by atoms with Gasteiger partial charge < -0.3 is 19.1 Å². The molecule has 1 saturated carbocycles. The van der Waals surface area contributed by atoms with Crippen LogP contribution in [0.5, 0.6) is 5.75 Å². The number of ether oxygens (including phenoxy) is 2. The third kappa shape index (κ3) is 3.49. The van der Waals surface area contributed by atoms with Crippen molar-refractivity contribution >= 4 is 16.9 Å². The standard InChI is InChI=1S/C25H26FNO4/c1-30-25(29)16-7-9-19-21(11-16)27-13-18(28)14-31-22-12-17(26)8-10-20(22)24(27)23(19)15-5-3-2-4-6-15/h7-12,15,18,28H,2-6,13-14H2,1H3/t18-/m0/s1. The van der Waals surface area contributed by atoms with Gasteiger partial charge in [0, 0.05) is 22.5 Å². The summed E-state index contributed by atoms with van der Waals surface area (Å²) in [5, 5.41) is 11.7. The lowest BCUT2D eigenvalue weighted by Gasteiger charge is -2.26. The van der Waals surface area contributed by atoms with E-state index in [0.29, 0.717) is 23.8 Å². The number of rotatable bonds is 2. The second-order valence-corrected chi connectivity index (χ2v) is 8.54. The fraction of sp³-hybridized carbons (Fsp3) is 0.400. The Labute approximate surface area is 180 Å². The summed E-state index contributed by atoms with van der Waals surface area (Å²) in [6.45, 7) is 0.408. The maximum Gasteiger partial charge on any atom is 0.337 e. The predicted octanol–water partition coefficient (Wildman–Crippen LogP) is 5.04.